The monoisotopic (exact) mass is 388 g/mol. The fourth-order valence-corrected chi connectivity index (χ4v) is 3.06. The van der Waals surface area contributed by atoms with E-state index in [-0.39, 0.29) is 23.8 Å². The van der Waals surface area contributed by atoms with Crippen molar-refractivity contribution in [2.24, 2.45) is 0 Å². The summed E-state index contributed by atoms with van der Waals surface area (Å²) in [4.78, 5) is 26.3. The summed E-state index contributed by atoms with van der Waals surface area (Å²) in [7, 11) is 1.52. The van der Waals surface area contributed by atoms with E-state index in [0.29, 0.717) is 16.5 Å². The van der Waals surface area contributed by atoms with Crippen LogP contribution in [-0.4, -0.2) is 25.5 Å². The fourth-order valence-electron chi connectivity index (χ4n) is 2.80. The van der Waals surface area contributed by atoms with Gasteiger partial charge >= 0.3 is 0 Å². The Morgan fingerprint density at radius 3 is 2.37 bits per heavy atom. The number of hydrogen-bond donors (Lipinski definition) is 1. The summed E-state index contributed by atoms with van der Waals surface area (Å²) >= 11 is 6.10. The van der Waals surface area contributed by atoms with E-state index in [1.807, 2.05) is 24.3 Å². The predicted molar refractivity (Wildman–Crippen MR) is 110 cm³/mol. The average Bonchev–Trinajstić information content (AvgIpc) is 2.59. The summed E-state index contributed by atoms with van der Waals surface area (Å²) in [5, 5.41) is 3.17. The Morgan fingerprint density at radius 2 is 1.81 bits per heavy atom. The molecule has 0 bridgehead atoms. The Labute approximate surface area is 165 Å². The molecule has 2 aromatic rings. The molecule has 0 spiro atoms. The number of rotatable bonds is 5. The number of nitrogens with zero attached hydrogens (tertiary/aromatic N) is 1. The number of halogens is 1. The Hall–Kier alpha value is -2.53. The molecule has 5 nitrogen and oxygen atoms in total. The second-order valence-corrected chi connectivity index (χ2v) is 7.68. The number of hydrogen-bond acceptors (Lipinski definition) is 3. The van der Waals surface area contributed by atoms with Gasteiger partial charge in [-0.1, -0.05) is 50.6 Å². The second kappa shape index (κ2) is 8.44. The Kier molecular flexibility index (Phi) is 6.50. The van der Waals surface area contributed by atoms with Gasteiger partial charge in [-0.25, -0.2) is 0 Å². The zero-order chi connectivity index (χ0) is 20.2. The zero-order valence-corrected chi connectivity index (χ0v) is 17.1. The van der Waals surface area contributed by atoms with Crippen LogP contribution in [0.15, 0.2) is 42.5 Å². The fraction of sp³-hybridized carbons (Fsp3) is 0.333. The van der Waals surface area contributed by atoms with Gasteiger partial charge in [0.2, 0.25) is 11.8 Å². The quantitative estimate of drug-likeness (QED) is 0.811. The number of anilines is 2. The normalized spacial score (nSPS) is 11.0. The van der Waals surface area contributed by atoms with Crippen LogP contribution >= 0.6 is 11.6 Å². The van der Waals surface area contributed by atoms with Crippen LogP contribution in [0.1, 0.15) is 33.3 Å². The van der Waals surface area contributed by atoms with Crippen LogP contribution in [0.4, 0.5) is 11.4 Å². The highest BCUT2D eigenvalue weighted by Crippen LogP contribution is 2.32. The maximum absolute atomic E-state index is 12.5. The van der Waals surface area contributed by atoms with E-state index in [0.717, 1.165) is 11.3 Å². The summed E-state index contributed by atoms with van der Waals surface area (Å²) in [6.07, 6.45) is 0. The van der Waals surface area contributed by atoms with Gasteiger partial charge < -0.3 is 15.0 Å². The molecule has 2 amide bonds. The highest BCUT2D eigenvalue weighted by Gasteiger charge is 2.24. The van der Waals surface area contributed by atoms with Crippen molar-refractivity contribution in [1.29, 1.82) is 0 Å². The third-order valence-electron chi connectivity index (χ3n) is 4.12. The van der Waals surface area contributed by atoms with Crippen LogP contribution in [0.5, 0.6) is 5.75 Å². The Balaban J connectivity index is 2.24. The largest absolute Gasteiger partial charge is 0.495 e. The van der Waals surface area contributed by atoms with E-state index in [2.05, 4.69) is 26.1 Å². The van der Waals surface area contributed by atoms with Crippen molar-refractivity contribution in [2.75, 3.05) is 23.9 Å². The number of benzene rings is 2. The van der Waals surface area contributed by atoms with Crippen molar-refractivity contribution in [3.63, 3.8) is 0 Å². The minimum Gasteiger partial charge on any atom is -0.495 e. The number of ether oxygens (including phenoxy) is 1. The van der Waals surface area contributed by atoms with Gasteiger partial charge in [0.05, 0.1) is 12.1 Å². The van der Waals surface area contributed by atoms with Crippen molar-refractivity contribution < 1.29 is 14.3 Å². The molecule has 0 heterocycles. The average molecular weight is 389 g/mol. The van der Waals surface area contributed by atoms with E-state index in [1.54, 1.807) is 18.2 Å². The summed E-state index contributed by atoms with van der Waals surface area (Å²) in [6, 6.07) is 12.6. The lowest BCUT2D eigenvalue weighted by Gasteiger charge is -2.29. The molecule has 0 aliphatic heterocycles. The number of para-hydroxylation sites is 1. The molecule has 0 fully saturated rings. The van der Waals surface area contributed by atoms with Crippen molar-refractivity contribution in [2.45, 2.75) is 33.1 Å². The first kappa shape index (κ1) is 20.8. The van der Waals surface area contributed by atoms with E-state index in [1.165, 1.54) is 18.9 Å². The molecular formula is C21H25ClN2O3. The maximum Gasteiger partial charge on any atom is 0.244 e. The SMILES string of the molecule is COc1ccc(NC(=O)CN(C(C)=O)c2ccccc2C(C)(C)C)cc1Cl. The third kappa shape index (κ3) is 5.23. The summed E-state index contributed by atoms with van der Waals surface area (Å²) in [6.45, 7) is 7.58. The van der Waals surface area contributed by atoms with Crippen LogP contribution in [-0.2, 0) is 15.0 Å². The van der Waals surface area contributed by atoms with Gasteiger partial charge in [-0.05, 0) is 35.2 Å². The van der Waals surface area contributed by atoms with Gasteiger partial charge in [-0.3, -0.25) is 9.59 Å². The molecule has 27 heavy (non-hydrogen) atoms. The van der Waals surface area contributed by atoms with Crippen LogP contribution < -0.4 is 15.0 Å². The minimum atomic E-state index is -0.310. The van der Waals surface area contributed by atoms with Crippen molar-refractivity contribution in [1.82, 2.24) is 0 Å². The van der Waals surface area contributed by atoms with E-state index in [4.69, 9.17) is 16.3 Å². The molecule has 0 unspecified atom stereocenters. The molecular weight excluding hydrogens is 364 g/mol. The highest BCUT2D eigenvalue weighted by atomic mass is 35.5. The molecule has 0 radical (unpaired) electrons. The molecule has 0 saturated carbocycles. The molecule has 6 heteroatoms. The van der Waals surface area contributed by atoms with Crippen molar-refractivity contribution in [3.8, 4) is 5.75 Å². The van der Waals surface area contributed by atoms with Crippen molar-refractivity contribution >= 4 is 34.8 Å². The lowest BCUT2D eigenvalue weighted by molar-refractivity contribution is -0.120. The standard InChI is InChI=1S/C21H25ClN2O3/c1-14(25)24(18-9-7-6-8-16(18)21(2,3)4)13-20(26)23-15-10-11-19(27-5)17(22)12-15/h6-12H,13H2,1-5H3,(H,23,26). The molecule has 0 aromatic heterocycles. The van der Waals surface area contributed by atoms with Crippen LogP contribution in [0, 0.1) is 0 Å². The predicted octanol–water partition coefficient (Wildman–Crippen LogP) is 4.64. The zero-order valence-electron chi connectivity index (χ0n) is 16.3. The summed E-state index contributed by atoms with van der Waals surface area (Å²) in [5.74, 6) is 0.0175. The van der Waals surface area contributed by atoms with Gasteiger partial charge in [-0.2, -0.15) is 0 Å². The first-order valence-corrected chi connectivity index (χ1v) is 9.02. The summed E-state index contributed by atoms with van der Waals surface area (Å²) < 4.78 is 5.11. The third-order valence-corrected chi connectivity index (χ3v) is 4.42. The highest BCUT2D eigenvalue weighted by molar-refractivity contribution is 6.32. The van der Waals surface area contributed by atoms with Crippen LogP contribution in [0.3, 0.4) is 0 Å². The van der Waals surface area contributed by atoms with Crippen LogP contribution in [0.2, 0.25) is 5.02 Å². The van der Waals surface area contributed by atoms with Gasteiger partial charge in [0.1, 0.15) is 12.3 Å². The molecule has 0 aliphatic rings. The van der Waals surface area contributed by atoms with Gasteiger partial charge in [0, 0.05) is 18.3 Å². The Bertz CT molecular complexity index is 844. The van der Waals surface area contributed by atoms with E-state index < -0.39 is 0 Å². The van der Waals surface area contributed by atoms with Crippen LogP contribution in [0.25, 0.3) is 0 Å². The molecule has 144 valence electrons. The number of nitrogens with one attached hydrogen (secondary N) is 1. The number of carbonyl (C=O) groups excluding carboxylic acids is 2. The van der Waals surface area contributed by atoms with E-state index in [9.17, 15) is 9.59 Å². The van der Waals surface area contributed by atoms with Gasteiger partial charge in [-0.15, -0.1) is 0 Å². The summed E-state index contributed by atoms with van der Waals surface area (Å²) in [5.41, 5.74) is 2.11. The lowest BCUT2D eigenvalue weighted by Crippen LogP contribution is -2.38. The number of amides is 2. The first-order chi connectivity index (χ1) is 12.6. The number of carbonyl (C=O) groups is 2. The number of methoxy groups -OCH3 is 1. The van der Waals surface area contributed by atoms with E-state index >= 15 is 0 Å². The molecule has 2 aromatic carbocycles. The minimum absolute atomic E-state index is 0.0912. The lowest BCUT2D eigenvalue weighted by atomic mass is 9.85. The molecule has 0 aliphatic carbocycles. The maximum atomic E-state index is 12.5. The topological polar surface area (TPSA) is 58.6 Å². The second-order valence-electron chi connectivity index (χ2n) is 7.27. The first-order valence-electron chi connectivity index (χ1n) is 8.64. The molecule has 0 atom stereocenters. The smallest absolute Gasteiger partial charge is 0.244 e. The molecule has 2 rings (SSSR count). The Morgan fingerprint density at radius 1 is 1.15 bits per heavy atom. The van der Waals surface area contributed by atoms with Gasteiger partial charge in [0.15, 0.2) is 0 Å². The molecule has 1 N–H and O–H groups in total. The van der Waals surface area contributed by atoms with Gasteiger partial charge in [0.25, 0.3) is 0 Å². The molecule has 0 saturated heterocycles. The van der Waals surface area contributed by atoms with Crippen molar-refractivity contribution in [3.05, 3.63) is 53.1 Å².